The lowest BCUT2D eigenvalue weighted by atomic mass is 10.0. The van der Waals surface area contributed by atoms with Crippen molar-refractivity contribution in [3.05, 3.63) is 112 Å². The first-order valence-electron chi connectivity index (χ1n) is 13.3. The molecule has 2 heterocycles. The average Bonchev–Trinajstić information content (AvgIpc) is 3.33. The van der Waals surface area contributed by atoms with Gasteiger partial charge in [0.25, 0.3) is 0 Å². The van der Waals surface area contributed by atoms with Gasteiger partial charge in [0.15, 0.2) is 6.29 Å². The molecule has 0 unspecified atom stereocenters. The Balaban J connectivity index is 1.41. The molecule has 1 atom stereocenters. The Morgan fingerprint density at radius 2 is 1.72 bits per heavy atom. The summed E-state index contributed by atoms with van der Waals surface area (Å²) in [6.07, 6.45) is -1.96. The molecule has 0 radical (unpaired) electrons. The fourth-order valence-corrected chi connectivity index (χ4v) is 4.64. The van der Waals surface area contributed by atoms with Crippen molar-refractivity contribution in [1.82, 2.24) is 14.5 Å². The highest BCUT2D eigenvalue weighted by molar-refractivity contribution is 5.77. The molecule has 0 saturated carbocycles. The van der Waals surface area contributed by atoms with Gasteiger partial charge in [-0.3, -0.25) is 0 Å². The quantitative estimate of drug-likeness (QED) is 0.205. The number of benzene rings is 3. The Morgan fingerprint density at radius 3 is 2.44 bits per heavy atom. The lowest BCUT2D eigenvalue weighted by Gasteiger charge is -2.15. The summed E-state index contributed by atoms with van der Waals surface area (Å²) in [5.74, 6) is -1.46. The van der Waals surface area contributed by atoms with Crippen LogP contribution in [-0.2, 0) is 24.3 Å². The molecule has 5 rings (SSSR count). The number of pyridine rings is 1. The summed E-state index contributed by atoms with van der Waals surface area (Å²) >= 11 is 0. The number of methoxy groups -OCH3 is 1. The second-order valence-corrected chi connectivity index (χ2v) is 9.97. The monoisotopic (exact) mass is 588 g/mol. The first kappa shape index (κ1) is 29.7. The van der Waals surface area contributed by atoms with Crippen molar-refractivity contribution >= 4 is 11.0 Å². The Kier molecular flexibility index (Phi) is 8.73. The number of rotatable bonds is 10. The zero-order valence-corrected chi connectivity index (χ0v) is 23.3. The summed E-state index contributed by atoms with van der Waals surface area (Å²) in [5, 5.41) is 28.2. The van der Waals surface area contributed by atoms with Gasteiger partial charge in [-0.2, -0.15) is 5.26 Å². The molecule has 3 aromatic carbocycles. The molecule has 2 aromatic heterocycles. The molecule has 0 amide bonds. The number of hydrogen-bond donors (Lipinski definition) is 2. The van der Waals surface area contributed by atoms with Crippen molar-refractivity contribution in [2.24, 2.45) is 0 Å². The lowest BCUT2D eigenvalue weighted by molar-refractivity contribution is -0.0424. The molecule has 0 aliphatic rings. The Bertz CT molecular complexity index is 1830. The number of aliphatic hydroxyl groups excluding tert-OH is 1. The van der Waals surface area contributed by atoms with Crippen molar-refractivity contribution in [2.45, 2.75) is 38.9 Å². The summed E-state index contributed by atoms with van der Waals surface area (Å²) < 4.78 is 57.8. The van der Waals surface area contributed by atoms with E-state index in [1.807, 2.05) is 13.0 Å². The maximum absolute atomic E-state index is 15.4. The normalized spacial score (nSPS) is 12.1. The van der Waals surface area contributed by atoms with Crippen LogP contribution in [0.5, 0.6) is 5.88 Å². The molecule has 0 bridgehead atoms. The van der Waals surface area contributed by atoms with Gasteiger partial charge < -0.3 is 24.3 Å². The Morgan fingerprint density at radius 1 is 0.930 bits per heavy atom. The van der Waals surface area contributed by atoms with E-state index >= 15 is 8.78 Å². The maximum Gasteiger partial charge on any atom is 0.214 e. The molecule has 5 aromatic rings. The standard InChI is InChI=1S/C32H27F3N4O4/c1-18(42-2)16-39-29-12-20(32(40)41)8-9-28(29)37-30(39)13-22-11-26(35)23(14-25(22)34)27-4-3-5-31(38-27)43-17-21-7-6-19(15-36)10-24(21)33/h3-12,14,18,32,40-41H,13,16-17H2,1-2H3/t18-/m0/s1. The van der Waals surface area contributed by atoms with Gasteiger partial charge >= 0.3 is 0 Å². The Hall–Kier alpha value is -4.76. The number of halogens is 3. The number of aliphatic hydroxyl groups is 2. The fraction of sp³-hybridized carbons (Fsp3) is 0.219. The molecule has 11 heteroatoms. The second-order valence-electron chi connectivity index (χ2n) is 9.97. The molecule has 43 heavy (non-hydrogen) atoms. The Labute approximate surface area is 245 Å². The number of nitrogens with zero attached hydrogens (tertiary/aromatic N) is 4. The molecule has 0 aliphatic carbocycles. The molecule has 0 aliphatic heterocycles. The summed E-state index contributed by atoms with van der Waals surface area (Å²) in [6.45, 7) is 2.02. The van der Waals surface area contributed by atoms with E-state index < -0.39 is 23.7 Å². The second kappa shape index (κ2) is 12.6. The largest absolute Gasteiger partial charge is 0.473 e. The topological polar surface area (TPSA) is 113 Å². The van der Waals surface area contributed by atoms with Gasteiger partial charge in [0.2, 0.25) is 5.88 Å². The maximum atomic E-state index is 15.4. The van der Waals surface area contributed by atoms with Gasteiger partial charge in [-0.15, -0.1) is 0 Å². The van der Waals surface area contributed by atoms with Gasteiger partial charge in [-0.1, -0.05) is 18.2 Å². The first-order valence-corrected chi connectivity index (χ1v) is 13.3. The predicted molar refractivity (Wildman–Crippen MR) is 151 cm³/mol. The number of aromatic nitrogens is 3. The highest BCUT2D eigenvalue weighted by Gasteiger charge is 2.19. The number of imidazole rings is 1. The smallest absolute Gasteiger partial charge is 0.214 e. The zero-order chi connectivity index (χ0) is 30.7. The van der Waals surface area contributed by atoms with Crippen LogP contribution in [0.1, 0.15) is 41.3 Å². The van der Waals surface area contributed by atoms with Crippen LogP contribution in [0.25, 0.3) is 22.3 Å². The molecule has 0 spiro atoms. The molecule has 0 fully saturated rings. The van der Waals surface area contributed by atoms with E-state index in [0.717, 1.165) is 18.2 Å². The van der Waals surface area contributed by atoms with Crippen LogP contribution >= 0.6 is 0 Å². The minimum Gasteiger partial charge on any atom is -0.473 e. The highest BCUT2D eigenvalue weighted by atomic mass is 19.1. The molecular weight excluding hydrogens is 561 g/mol. The van der Waals surface area contributed by atoms with Gasteiger partial charge in [-0.25, -0.2) is 23.1 Å². The van der Waals surface area contributed by atoms with E-state index in [4.69, 9.17) is 14.7 Å². The fourth-order valence-electron chi connectivity index (χ4n) is 4.64. The van der Waals surface area contributed by atoms with Crippen LogP contribution in [-0.4, -0.2) is 38.0 Å². The van der Waals surface area contributed by atoms with Crippen LogP contribution in [0.2, 0.25) is 0 Å². The first-order chi connectivity index (χ1) is 20.7. The van der Waals surface area contributed by atoms with Crippen LogP contribution in [0.15, 0.2) is 66.7 Å². The SMILES string of the molecule is CO[C@@H](C)Cn1c(Cc2cc(F)c(-c3cccc(OCc4ccc(C#N)cc4F)n3)cc2F)nc2ccc(C(O)O)cc21. The van der Waals surface area contributed by atoms with Gasteiger partial charge in [-0.05, 0) is 55.0 Å². The third-order valence-corrected chi connectivity index (χ3v) is 7.03. The third kappa shape index (κ3) is 6.52. The van der Waals surface area contributed by atoms with Crippen LogP contribution in [0, 0.1) is 28.8 Å². The van der Waals surface area contributed by atoms with E-state index in [-0.39, 0.29) is 58.5 Å². The van der Waals surface area contributed by atoms with Crippen molar-refractivity contribution in [3.63, 3.8) is 0 Å². The highest BCUT2D eigenvalue weighted by Crippen LogP contribution is 2.29. The van der Waals surface area contributed by atoms with Crippen molar-refractivity contribution in [1.29, 1.82) is 5.26 Å². The molecule has 0 saturated heterocycles. The van der Waals surface area contributed by atoms with Gasteiger partial charge in [0.05, 0.1) is 41.0 Å². The summed E-state index contributed by atoms with van der Waals surface area (Å²) in [4.78, 5) is 8.87. The van der Waals surface area contributed by atoms with Crippen LogP contribution < -0.4 is 4.74 Å². The third-order valence-electron chi connectivity index (χ3n) is 7.03. The van der Waals surface area contributed by atoms with E-state index in [0.29, 0.717) is 23.4 Å². The van der Waals surface area contributed by atoms with E-state index in [9.17, 15) is 14.6 Å². The summed E-state index contributed by atoms with van der Waals surface area (Å²) in [7, 11) is 1.56. The number of hydrogen-bond acceptors (Lipinski definition) is 7. The van der Waals surface area contributed by atoms with Crippen molar-refractivity contribution < 1.29 is 32.9 Å². The van der Waals surface area contributed by atoms with Crippen molar-refractivity contribution in [3.8, 4) is 23.2 Å². The minimum absolute atomic E-state index is 0.0438. The molecule has 8 nitrogen and oxygen atoms in total. The number of nitriles is 1. The zero-order valence-electron chi connectivity index (χ0n) is 23.3. The van der Waals surface area contributed by atoms with Gasteiger partial charge in [0, 0.05) is 36.3 Å². The number of fused-ring (bicyclic) bond motifs is 1. The summed E-state index contributed by atoms with van der Waals surface area (Å²) in [5.41, 5.74) is 1.92. The van der Waals surface area contributed by atoms with Crippen LogP contribution in [0.3, 0.4) is 0 Å². The van der Waals surface area contributed by atoms with E-state index in [2.05, 4.69) is 9.97 Å². The molecular formula is C32H27F3N4O4. The van der Waals surface area contributed by atoms with E-state index in [1.165, 1.54) is 30.3 Å². The van der Waals surface area contributed by atoms with Crippen molar-refractivity contribution in [2.75, 3.05) is 7.11 Å². The van der Waals surface area contributed by atoms with Crippen LogP contribution in [0.4, 0.5) is 13.2 Å². The molecule has 2 N–H and O–H groups in total. The van der Waals surface area contributed by atoms with E-state index in [1.54, 1.807) is 29.9 Å². The predicted octanol–water partition coefficient (Wildman–Crippen LogP) is 5.58. The molecule has 220 valence electrons. The average molecular weight is 589 g/mol. The van der Waals surface area contributed by atoms with Gasteiger partial charge in [0.1, 0.15) is 29.9 Å². The minimum atomic E-state index is -1.68. The summed E-state index contributed by atoms with van der Waals surface area (Å²) in [6, 6.07) is 17.4. The number of ether oxygens (including phenoxy) is 2. The lowest BCUT2D eigenvalue weighted by Crippen LogP contribution is -2.17.